The van der Waals surface area contributed by atoms with Crippen LogP contribution in [0, 0.1) is 11.3 Å². The summed E-state index contributed by atoms with van der Waals surface area (Å²) >= 11 is 11.8. The van der Waals surface area contributed by atoms with Crippen molar-refractivity contribution in [1.29, 1.82) is 5.26 Å². The second-order valence-electron chi connectivity index (χ2n) is 3.50. The van der Waals surface area contributed by atoms with E-state index in [1.54, 1.807) is 7.05 Å². The van der Waals surface area contributed by atoms with Gasteiger partial charge in [0.2, 0.25) is 0 Å². The third-order valence-electron chi connectivity index (χ3n) is 2.19. The van der Waals surface area contributed by atoms with Gasteiger partial charge in [-0.15, -0.1) is 0 Å². The second-order valence-corrected chi connectivity index (χ2v) is 4.28. The van der Waals surface area contributed by atoms with E-state index in [9.17, 15) is 4.79 Å². The highest BCUT2D eigenvalue weighted by Crippen LogP contribution is 2.29. The molecule has 1 rings (SSSR count). The third kappa shape index (κ3) is 3.26. The molecule has 17 heavy (non-hydrogen) atoms. The molecule has 0 unspecified atom stereocenters. The summed E-state index contributed by atoms with van der Waals surface area (Å²) in [6, 6.07) is 4.92. The molecule has 0 aliphatic rings. The van der Waals surface area contributed by atoms with Crippen molar-refractivity contribution in [3.8, 4) is 6.07 Å². The summed E-state index contributed by atoms with van der Waals surface area (Å²) in [6.45, 7) is 0.331. The number of nitrogens with two attached hydrogens (primary N) is 1. The Morgan fingerprint density at radius 1 is 1.53 bits per heavy atom. The zero-order valence-electron chi connectivity index (χ0n) is 9.20. The third-order valence-corrected chi connectivity index (χ3v) is 2.99. The molecule has 0 aliphatic carbocycles. The molecule has 0 saturated carbocycles. The fourth-order valence-electron chi connectivity index (χ4n) is 1.29. The number of rotatable bonds is 3. The normalized spacial score (nSPS) is 9.76. The van der Waals surface area contributed by atoms with Gasteiger partial charge in [0.1, 0.15) is 0 Å². The molecule has 0 aromatic heterocycles. The fourth-order valence-corrected chi connectivity index (χ4v) is 1.71. The molecule has 4 nitrogen and oxygen atoms in total. The Hall–Kier alpha value is -1.44. The molecule has 0 bridgehead atoms. The zero-order valence-corrected chi connectivity index (χ0v) is 10.7. The van der Waals surface area contributed by atoms with E-state index in [4.69, 9.17) is 34.2 Å². The minimum atomic E-state index is -0.306. The van der Waals surface area contributed by atoms with Crippen LogP contribution in [-0.4, -0.2) is 24.4 Å². The van der Waals surface area contributed by atoms with Gasteiger partial charge in [-0.05, 0) is 12.1 Å². The van der Waals surface area contributed by atoms with Crippen molar-refractivity contribution in [2.24, 2.45) is 0 Å². The van der Waals surface area contributed by atoms with Gasteiger partial charge < -0.3 is 10.6 Å². The summed E-state index contributed by atoms with van der Waals surface area (Å²) in [5.74, 6) is -0.306. The van der Waals surface area contributed by atoms with E-state index in [0.717, 1.165) is 0 Å². The predicted molar refractivity (Wildman–Crippen MR) is 68.1 cm³/mol. The van der Waals surface area contributed by atoms with Crippen molar-refractivity contribution in [1.82, 2.24) is 4.90 Å². The maximum absolute atomic E-state index is 12.0. The van der Waals surface area contributed by atoms with E-state index < -0.39 is 0 Å². The van der Waals surface area contributed by atoms with Crippen molar-refractivity contribution in [2.45, 2.75) is 6.42 Å². The number of halogens is 2. The van der Waals surface area contributed by atoms with E-state index in [1.165, 1.54) is 17.0 Å². The number of benzene rings is 1. The quantitative estimate of drug-likeness (QED) is 0.859. The highest BCUT2D eigenvalue weighted by atomic mass is 35.5. The van der Waals surface area contributed by atoms with Crippen molar-refractivity contribution >= 4 is 34.8 Å². The SMILES string of the molecule is CN(CCC#N)C(=O)c1cc(N)cc(Cl)c1Cl. The van der Waals surface area contributed by atoms with Gasteiger partial charge in [0.05, 0.1) is 28.1 Å². The second kappa shape index (κ2) is 5.76. The van der Waals surface area contributed by atoms with Crippen LogP contribution in [0.3, 0.4) is 0 Å². The van der Waals surface area contributed by atoms with Gasteiger partial charge in [0.15, 0.2) is 0 Å². The average Bonchev–Trinajstić information content (AvgIpc) is 2.29. The minimum Gasteiger partial charge on any atom is -0.399 e. The summed E-state index contributed by atoms with van der Waals surface area (Å²) in [4.78, 5) is 13.4. The Morgan fingerprint density at radius 3 is 2.76 bits per heavy atom. The number of amides is 1. The number of anilines is 1. The summed E-state index contributed by atoms with van der Waals surface area (Å²) in [7, 11) is 1.59. The first kappa shape index (κ1) is 13.6. The van der Waals surface area contributed by atoms with Gasteiger partial charge in [0.25, 0.3) is 5.91 Å². The van der Waals surface area contributed by atoms with Crippen LogP contribution in [0.15, 0.2) is 12.1 Å². The summed E-state index contributed by atoms with van der Waals surface area (Å²) in [5, 5.41) is 8.87. The lowest BCUT2D eigenvalue weighted by Gasteiger charge is -2.17. The Labute approximate surface area is 110 Å². The maximum atomic E-state index is 12.0. The van der Waals surface area contributed by atoms with Crippen molar-refractivity contribution in [3.05, 3.63) is 27.7 Å². The van der Waals surface area contributed by atoms with Crippen LogP contribution in [0.1, 0.15) is 16.8 Å². The molecular formula is C11H11Cl2N3O. The Bertz CT molecular complexity index is 482. The van der Waals surface area contributed by atoms with Gasteiger partial charge in [-0.3, -0.25) is 4.79 Å². The Balaban J connectivity index is 3.00. The van der Waals surface area contributed by atoms with Gasteiger partial charge in [-0.1, -0.05) is 23.2 Å². The minimum absolute atomic E-state index is 0.176. The number of nitrogens with zero attached hydrogens (tertiary/aromatic N) is 2. The largest absolute Gasteiger partial charge is 0.399 e. The molecule has 0 atom stereocenters. The van der Waals surface area contributed by atoms with Crippen molar-refractivity contribution in [3.63, 3.8) is 0 Å². The molecule has 0 fully saturated rings. The molecule has 0 saturated heterocycles. The van der Waals surface area contributed by atoms with E-state index >= 15 is 0 Å². The summed E-state index contributed by atoms with van der Waals surface area (Å²) in [6.07, 6.45) is 0.260. The molecular weight excluding hydrogens is 261 g/mol. The number of carbonyl (C=O) groups excluding carboxylic acids is 1. The first-order valence-electron chi connectivity index (χ1n) is 4.84. The van der Waals surface area contributed by atoms with Crippen LogP contribution in [-0.2, 0) is 0 Å². The van der Waals surface area contributed by atoms with Gasteiger partial charge in [0, 0.05) is 19.3 Å². The van der Waals surface area contributed by atoms with E-state index in [2.05, 4.69) is 0 Å². The highest BCUT2D eigenvalue weighted by Gasteiger charge is 2.17. The summed E-state index contributed by atoms with van der Waals surface area (Å²) in [5.41, 5.74) is 6.22. The topological polar surface area (TPSA) is 70.1 Å². The lowest BCUT2D eigenvalue weighted by Crippen LogP contribution is -2.27. The smallest absolute Gasteiger partial charge is 0.255 e. The predicted octanol–water partition coefficient (Wildman–Crippen LogP) is 2.56. The van der Waals surface area contributed by atoms with Gasteiger partial charge >= 0.3 is 0 Å². The first-order chi connectivity index (χ1) is 7.97. The molecule has 1 aromatic carbocycles. The standard InChI is InChI=1S/C11H11Cl2N3O/c1-16(4-2-3-14)11(17)8-5-7(15)6-9(12)10(8)13/h5-6H,2,4,15H2,1H3. The molecule has 1 amide bonds. The maximum Gasteiger partial charge on any atom is 0.255 e. The monoisotopic (exact) mass is 271 g/mol. The summed E-state index contributed by atoms with van der Waals surface area (Å²) < 4.78 is 0. The van der Waals surface area contributed by atoms with E-state index in [-0.39, 0.29) is 27.9 Å². The lowest BCUT2D eigenvalue weighted by atomic mass is 10.1. The first-order valence-corrected chi connectivity index (χ1v) is 5.60. The molecule has 90 valence electrons. The van der Waals surface area contributed by atoms with E-state index in [0.29, 0.717) is 12.2 Å². The molecule has 1 aromatic rings. The molecule has 0 heterocycles. The molecule has 6 heteroatoms. The van der Waals surface area contributed by atoms with Crippen LogP contribution >= 0.6 is 23.2 Å². The van der Waals surface area contributed by atoms with Crippen molar-refractivity contribution < 1.29 is 4.79 Å². The number of carbonyl (C=O) groups is 1. The van der Waals surface area contributed by atoms with Gasteiger partial charge in [-0.2, -0.15) is 5.26 Å². The number of hydrogen-bond acceptors (Lipinski definition) is 3. The zero-order chi connectivity index (χ0) is 13.0. The van der Waals surface area contributed by atoms with Crippen molar-refractivity contribution in [2.75, 3.05) is 19.3 Å². The average molecular weight is 272 g/mol. The number of hydrogen-bond donors (Lipinski definition) is 1. The van der Waals surface area contributed by atoms with Gasteiger partial charge in [-0.25, -0.2) is 0 Å². The molecule has 0 aliphatic heterocycles. The van der Waals surface area contributed by atoms with Crippen LogP contribution in [0.25, 0.3) is 0 Å². The lowest BCUT2D eigenvalue weighted by molar-refractivity contribution is 0.0798. The molecule has 2 N–H and O–H groups in total. The Morgan fingerprint density at radius 2 is 2.18 bits per heavy atom. The molecule has 0 spiro atoms. The van der Waals surface area contributed by atoms with Crippen LogP contribution in [0.4, 0.5) is 5.69 Å². The van der Waals surface area contributed by atoms with Crippen LogP contribution in [0.5, 0.6) is 0 Å². The fraction of sp³-hybridized carbons (Fsp3) is 0.273. The molecule has 0 radical (unpaired) electrons. The highest BCUT2D eigenvalue weighted by molar-refractivity contribution is 6.44. The number of nitriles is 1. The van der Waals surface area contributed by atoms with Crippen LogP contribution in [0.2, 0.25) is 10.0 Å². The van der Waals surface area contributed by atoms with Crippen LogP contribution < -0.4 is 5.73 Å². The van der Waals surface area contributed by atoms with E-state index in [1.807, 2.05) is 6.07 Å². The Kier molecular flexibility index (Phi) is 4.62. The number of nitrogen functional groups attached to an aromatic ring is 1.